The molecule has 1 aliphatic heterocycles. The van der Waals surface area contributed by atoms with Crippen LogP contribution in [-0.4, -0.2) is 56.3 Å². The van der Waals surface area contributed by atoms with E-state index in [2.05, 4.69) is 43.2 Å². The van der Waals surface area contributed by atoms with E-state index in [1.54, 1.807) is 0 Å². The van der Waals surface area contributed by atoms with Crippen molar-refractivity contribution in [3.8, 4) is 0 Å². The Morgan fingerprint density at radius 3 is 2.42 bits per heavy atom. The van der Waals surface area contributed by atoms with Crippen LogP contribution in [0.25, 0.3) is 0 Å². The molecule has 146 valence electrons. The first kappa shape index (κ1) is 20.6. The van der Waals surface area contributed by atoms with Gasteiger partial charge in [0.05, 0.1) is 25.8 Å². The van der Waals surface area contributed by atoms with Crippen LogP contribution in [-0.2, 0) is 4.74 Å². The average Bonchev–Trinajstić information content (AvgIpc) is 2.64. The maximum Gasteiger partial charge on any atom is 0.191 e. The van der Waals surface area contributed by atoms with Gasteiger partial charge in [-0.3, -0.25) is 9.89 Å². The molecule has 1 heterocycles. The summed E-state index contributed by atoms with van der Waals surface area (Å²) in [4.78, 5) is 7.20. The third-order valence-corrected chi connectivity index (χ3v) is 4.87. The van der Waals surface area contributed by atoms with Gasteiger partial charge in [-0.1, -0.05) is 26.0 Å². The van der Waals surface area contributed by atoms with Crippen LogP contribution in [0.1, 0.15) is 39.3 Å². The standard InChI is InChI=1S/C20H33FN4O/c1-5-22-20(24-16(4)15(2)3)23-14-19(25-10-12-26-13-11-25)17-6-8-18(21)9-7-17/h6-9,15-16,19H,5,10-14H2,1-4H3,(H2,22,23,24). The number of morpholine rings is 1. The van der Waals surface area contributed by atoms with Crippen molar-refractivity contribution in [1.29, 1.82) is 0 Å². The molecule has 2 atom stereocenters. The van der Waals surface area contributed by atoms with E-state index >= 15 is 0 Å². The van der Waals surface area contributed by atoms with Crippen molar-refractivity contribution in [2.45, 2.75) is 39.8 Å². The zero-order valence-corrected chi connectivity index (χ0v) is 16.5. The normalized spacial score (nSPS) is 18.6. The van der Waals surface area contributed by atoms with Crippen LogP contribution in [0.15, 0.2) is 29.3 Å². The molecule has 6 heteroatoms. The van der Waals surface area contributed by atoms with Crippen molar-refractivity contribution >= 4 is 5.96 Å². The highest BCUT2D eigenvalue weighted by molar-refractivity contribution is 5.80. The van der Waals surface area contributed by atoms with Crippen LogP contribution in [0, 0.1) is 11.7 Å². The first-order chi connectivity index (χ1) is 12.5. The summed E-state index contributed by atoms with van der Waals surface area (Å²) in [7, 11) is 0. The number of guanidine groups is 1. The van der Waals surface area contributed by atoms with E-state index in [9.17, 15) is 4.39 Å². The van der Waals surface area contributed by atoms with Gasteiger partial charge in [0.1, 0.15) is 5.82 Å². The van der Waals surface area contributed by atoms with Crippen molar-refractivity contribution in [3.63, 3.8) is 0 Å². The zero-order chi connectivity index (χ0) is 18.9. The third-order valence-electron chi connectivity index (χ3n) is 4.87. The Morgan fingerprint density at radius 1 is 1.19 bits per heavy atom. The molecule has 1 aromatic rings. The van der Waals surface area contributed by atoms with Gasteiger partial charge in [-0.15, -0.1) is 0 Å². The van der Waals surface area contributed by atoms with Crippen molar-refractivity contribution in [3.05, 3.63) is 35.6 Å². The predicted molar refractivity (Wildman–Crippen MR) is 105 cm³/mol. The molecule has 2 unspecified atom stereocenters. The number of halogens is 1. The number of rotatable bonds is 7. The van der Waals surface area contributed by atoms with Crippen molar-refractivity contribution in [2.24, 2.45) is 10.9 Å². The molecular formula is C20H33FN4O. The number of ether oxygens (including phenoxy) is 1. The predicted octanol–water partition coefficient (Wildman–Crippen LogP) is 2.80. The second-order valence-corrected chi connectivity index (χ2v) is 7.11. The van der Waals surface area contributed by atoms with Gasteiger partial charge in [-0.2, -0.15) is 0 Å². The highest BCUT2D eigenvalue weighted by Gasteiger charge is 2.23. The van der Waals surface area contributed by atoms with Gasteiger partial charge in [0.25, 0.3) is 0 Å². The van der Waals surface area contributed by atoms with Gasteiger partial charge in [-0.05, 0) is 37.5 Å². The number of aliphatic imine (C=N–C) groups is 1. The van der Waals surface area contributed by atoms with E-state index in [1.165, 1.54) is 12.1 Å². The molecule has 0 radical (unpaired) electrons. The Kier molecular flexibility index (Phi) is 8.32. The fourth-order valence-corrected chi connectivity index (χ4v) is 2.89. The number of nitrogens with zero attached hydrogens (tertiary/aromatic N) is 2. The maximum atomic E-state index is 13.3. The van der Waals surface area contributed by atoms with E-state index in [4.69, 9.17) is 9.73 Å². The zero-order valence-electron chi connectivity index (χ0n) is 16.5. The van der Waals surface area contributed by atoms with Crippen LogP contribution in [0.5, 0.6) is 0 Å². The molecule has 2 N–H and O–H groups in total. The largest absolute Gasteiger partial charge is 0.379 e. The minimum atomic E-state index is -0.209. The molecule has 0 aliphatic carbocycles. The summed E-state index contributed by atoms with van der Waals surface area (Å²) in [6.45, 7) is 13.2. The molecule has 0 amide bonds. The van der Waals surface area contributed by atoms with Gasteiger partial charge >= 0.3 is 0 Å². The lowest BCUT2D eigenvalue weighted by atomic mass is 10.0. The van der Waals surface area contributed by atoms with Crippen LogP contribution in [0.4, 0.5) is 4.39 Å². The minimum Gasteiger partial charge on any atom is -0.379 e. The van der Waals surface area contributed by atoms with E-state index in [0.717, 1.165) is 44.4 Å². The molecule has 1 fully saturated rings. The highest BCUT2D eigenvalue weighted by atomic mass is 19.1. The highest BCUT2D eigenvalue weighted by Crippen LogP contribution is 2.22. The third kappa shape index (κ3) is 6.25. The first-order valence-corrected chi connectivity index (χ1v) is 9.63. The molecule has 1 saturated heterocycles. The summed E-state index contributed by atoms with van der Waals surface area (Å²) in [5.41, 5.74) is 1.09. The van der Waals surface area contributed by atoms with Gasteiger partial charge in [-0.25, -0.2) is 4.39 Å². The lowest BCUT2D eigenvalue weighted by Crippen LogP contribution is -2.45. The SMILES string of the molecule is CCNC(=NCC(c1ccc(F)cc1)N1CCOCC1)NC(C)C(C)C. The minimum absolute atomic E-state index is 0.115. The summed E-state index contributed by atoms with van der Waals surface area (Å²) in [6, 6.07) is 7.22. The summed E-state index contributed by atoms with van der Waals surface area (Å²) in [5, 5.41) is 6.79. The molecule has 1 aromatic carbocycles. The quantitative estimate of drug-likeness (QED) is 0.577. The maximum absolute atomic E-state index is 13.3. The Labute approximate surface area is 157 Å². The Morgan fingerprint density at radius 2 is 1.85 bits per heavy atom. The molecular weight excluding hydrogens is 331 g/mol. The fourth-order valence-electron chi connectivity index (χ4n) is 2.89. The summed E-state index contributed by atoms with van der Waals surface area (Å²) >= 11 is 0. The van der Waals surface area contributed by atoms with Crippen LogP contribution < -0.4 is 10.6 Å². The molecule has 0 saturated carbocycles. The fraction of sp³-hybridized carbons (Fsp3) is 0.650. The van der Waals surface area contributed by atoms with Crippen molar-refractivity contribution in [1.82, 2.24) is 15.5 Å². The molecule has 0 bridgehead atoms. The van der Waals surface area contributed by atoms with Crippen LogP contribution in [0.3, 0.4) is 0 Å². The van der Waals surface area contributed by atoms with Gasteiger partial charge in [0.15, 0.2) is 5.96 Å². The Balaban J connectivity index is 2.16. The van der Waals surface area contributed by atoms with Gasteiger partial charge in [0, 0.05) is 25.7 Å². The lowest BCUT2D eigenvalue weighted by molar-refractivity contribution is 0.0179. The lowest BCUT2D eigenvalue weighted by Gasteiger charge is -2.34. The molecule has 5 nitrogen and oxygen atoms in total. The number of benzene rings is 1. The van der Waals surface area contributed by atoms with E-state index in [1.807, 2.05) is 12.1 Å². The number of hydrogen-bond acceptors (Lipinski definition) is 3. The average molecular weight is 365 g/mol. The second kappa shape index (κ2) is 10.5. The van der Waals surface area contributed by atoms with E-state index in [0.29, 0.717) is 18.5 Å². The van der Waals surface area contributed by atoms with E-state index in [-0.39, 0.29) is 11.9 Å². The first-order valence-electron chi connectivity index (χ1n) is 9.63. The van der Waals surface area contributed by atoms with Crippen LogP contribution >= 0.6 is 0 Å². The summed E-state index contributed by atoms with van der Waals surface area (Å²) in [5.74, 6) is 1.14. The van der Waals surface area contributed by atoms with E-state index < -0.39 is 0 Å². The van der Waals surface area contributed by atoms with Crippen molar-refractivity contribution < 1.29 is 9.13 Å². The topological polar surface area (TPSA) is 48.9 Å². The summed E-state index contributed by atoms with van der Waals surface area (Å²) in [6.07, 6.45) is 0. The Hall–Kier alpha value is -1.66. The smallest absolute Gasteiger partial charge is 0.191 e. The van der Waals surface area contributed by atoms with Crippen LogP contribution in [0.2, 0.25) is 0 Å². The van der Waals surface area contributed by atoms with Gasteiger partial charge < -0.3 is 15.4 Å². The Bertz CT molecular complexity index is 555. The molecule has 2 rings (SSSR count). The summed E-state index contributed by atoms with van der Waals surface area (Å²) < 4.78 is 18.8. The number of hydrogen-bond donors (Lipinski definition) is 2. The molecule has 1 aliphatic rings. The second-order valence-electron chi connectivity index (χ2n) is 7.11. The monoisotopic (exact) mass is 364 g/mol. The van der Waals surface area contributed by atoms with Crippen molar-refractivity contribution in [2.75, 3.05) is 39.4 Å². The molecule has 0 aromatic heterocycles. The number of nitrogens with one attached hydrogen (secondary N) is 2. The molecule has 26 heavy (non-hydrogen) atoms. The van der Waals surface area contributed by atoms with Gasteiger partial charge in [0.2, 0.25) is 0 Å². The molecule has 0 spiro atoms.